The first-order chi connectivity index (χ1) is 6.06. The molecule has 0 spiro atoms. The molecule has 2 unspecified atom stereocenters. The zero-order valence-corrected chi connectivity index (χ0v) is 9.00. The van der Waals surface area contributed by atoms with Crippen LogP contribution in [-0.2, 0) is 4.74 Å². The highest BCUT2D eigenvalue weighted by Gasteiger charge is 2.26. The maximum atomic E-state index is 9.12. The van der Waals surface area contributed by atoms with Gasteiger partial charge in [-0.15, -0.1) is 0 Å². The molecule has 2 nitrogen and oxygen atoms in total. The largest absolute Gasteiger partial charge is 0.392 e. The molecule has 0 saturated carbocycles. The molecule has 2 heteroatoms. The van der Waals surface area contributed by atoms with Crippen LogP contribution >= 0.6 is 0 Å². The van der Waals surface area contributed by atoms with Gasteiger partial charge in [-0.05, 0) is 31.8 Å². The summed E-state index contributed by atoms with van der Waals surface area (Å²) < 4.78 is 5.80. The van der Waals surface area contributed by atoms with E-state index in [9.17, 15) is 0 Å². The highest BCUT2D eigenvalue weighted by Crippen LogP contribution is 2.28. The van der Waals surface area contributed by atoms with Gasteiger partial charge in [-0.2, -0.15) is 0 Å². The predicted octanol–water partition coefficient (Wildman–Crippen LogP) is 2.13. The minimum Gasteiger partial charge on any atom is -0.392 e. The third-order valence-corrected chi connectivity index (χ3v) is 2.84. The normalized spacial score (nSPS) is 30.0. The molecule has 1 N–H and O–H groups in total. The van der Waals surface area contributed by atoms with Gasteiger partial charge in [0, 0.05) is 0 Å². The number of aliphatic hydroxyl groups excluding tert-OH is 1. The second-order valence-electron chi connectivity index (χ2n) is 4.23. The Balaban J connectivity index is 2.75. The molecule has 0 aromatic carbocycles. The molecule has 13 heavy (non-hydrogen) atoms. The number of hydrogen-bond acceptors (Lipinski definition) is 2. The van der Waals surface area contributed by atoms with Crippen molar-refractivity contribution < 1.29 is 9.84 Å². The van der Waals surface area contributed by atoms with Crippen molar-refractivity contribution in [2.75, 3.05) is 6.61 Å². The Morgan fingerprint density at radius 3 is 2.54 bits per heavy atom. The molecule has 2 atom stereocenters. The highest BCUT2D eigenvalue weighted by molar-refractivity contribution is 5.20. The van der Waals surface area contributed by atoms with Gasteiger partial charge >= 0.3 is 0 Å². The van der Waals surface area contributed by atoms with E-state index in [2.05, 4.69) is 20.8 Å². The summed E-state index contributed by atoms with van der Waals surface area (Å²) in [4.78, 5) is 0. The van der Waals surface area contributed by atoms with Crippen molar-refractivity contribution in [2.24, 2.45) is 5.92 Å². The van der Waals surface area contributed by atoms with Crippen LogP contribution in [0.3, 0.4) is 0 Å². The quantitative estimate of drug-likeness (QED) is 0.666. The maximum Gasteiger partial charge on any atom is 0.0785 e. The average molecular weight is 184 g/mol. The lowest BCUT2D eigenvalue weighted by Gasteiger charge is -2.33. The second-order valence-corrected chi connectivity index (χ2v) is 4.23. The van der Waals surface area contributed by atoms with Crippen LogP contribution in [0.1, 0.15) is 34.1 Å². The first kappa shape index (κ1) is 10.7. The van der Waals surface area contributed by atoms with Crippen molar-refractivity contribution in [1.82, 2.24) is 0 Å². The van der Waals surface area contributed by atoms with E-state index < -0.39 is 0 Å². The molecule has 0 bridgehead atoms. The zero-order chi connectivity index (χ0) is 10.0. The topological polar surface area (TPSA) is 29.5 Å². The fraction of sp³-hybridized carbons (Fsp3) is 0.818. The molecule has 0 radical (unpaired) electrons. The van der Waals surface area contributed by atoms with Crippen LogP contribution in [0.15, 0.2) is 11.1 Å². The minimum absolute atomic E-state index is 0.0890. The van der Waals surface area contributed by atoms with Crippen LogP contribution < -0.4 is 0 Å². The van der Waals surface area contributed by atoms with Gasteiger partial charge in [0.25, 0.3) is 0 Å². The van der Waals surface area contributed by atoms with Gasteiger partial charge in [0.05, 0.1) is 18.8 Å². The fourth-order valence-electron chi connectivity index (χ4n) is 1.83. The van der Waals surface area contributed by atoms with E-state index in [0.717, 1.165) is 12.0 Å². The Kier molecular flexibility index (Phi) is 3.51. The summed E-state index contributed by atoms with van der Waals surface area (Å²) in [5.41, 5.74) is 2.37. The Labute approximate surface area is 80.6 Å². The second kappa shape index (κ2) is 4.25. The van der Waals surface area contributed by atoms with E-state index in [4.69, 9.17) is 9.84 Å². The number of ether oxygens (including phenoxy) is 1. The molecule has 0 aliphatic carbocycles. The van der Waals surface area contributed by atoms with Crippen LogP contribution in [0.4, 0.5) is 0 Å². The van der Waals surface area contributed by atoms with Crippen molar-refractivity contribution in [1.29, 1.82) is 0 Å². The highest BCUT2D eigenvalue weighted by atomic mass is 16.5. The number of aliphatic hydroxyl groups is 1. The molecule has 0 aromatic rings. The molecule has 1 aliphatic heterocycles. The lowest BCUT2D eigenvalue weighted by molar-refractivity contribution is -0.0250. The van der Waals surface area contributed by atoms with Gasteiger partial charge in [0.1, 0.15) is 0 Å². The minimum atomic E-state index is 0.0890. The number of rotatable bonds is 2. The fourth-order valence-corrected chi connectivity index (χ4v) is 1.83. The third-order valence-electron chi connectivity index (χ3n) is 2.84. The van der Waals surface area contributed by atoms with Crippen molar-refractivity contribution >= 4 is 0 Å². The monoisotopic (exact) mass is 184 g/mol. The molecule has 1 rings (SSSR count). The van der Waals surface area contributed by atoms with Crippen LogP contribution in [0.5, 0.6) is 0 Å². The summed E-state index contributed by atoms with van der Waals surface area (Å²) in [6.45, 7) is 8.60. The van der Waals surface area contributed by atoms with E-state index in [1.807, 2.05) is 6.92 Å². The van der Waals surface area contributed by atoms with E-state index in [-0.39, 0.29) is 12.7 Å². The standard InChI is InChI=1S/C11H20O2/c1-7(2)11-5-8(3)10(6-12)9(4)13-11/h7,9,11-12H,5-6H2,1-4H3. The lowest BCUT2D eigenvalue weighted by Crippen LogP contribution is -2.32. The molecule has 0 amide bonds. The van der Waals surface area contributed by atoms with Gasteiger partial charge in [0.15, 0.2) is 0 Å². The summed E-state index contributed by atoms with van der Waals surface area (Å²) in [6.07, 6.45) is 1.38. The van der Waals surface area contributed by atoms with Crippen molar-refractivity contribution in [3.05, 3.63) is 11.1 Å². The SMILES string of the molecule is CC1=C(CO)C(C)OC(C(C)C)C1. The van der Waals surface area contributed by atoms with E-state index >= 15 is 0 Å². The van der Waals surface area contributed by atoms with Gasteiger partial charge < -0.3 is 9.84 Å². The number of hydrogen-bond donors (Lipinski definition) is 1. The van der Waals surface area contributed by atoms with Crippen LogP contribution in [0.25, 0.3) is 0 Å². The summed E-state index contributed by atoms with van der Waals surface area (Å²) in [5.74, 6) is 0.553. The third kappa shape index (κ3) is 2.32. The summed E-state index contributed by atoms with van der Waals surface area (Å²) >= 11 is 0. The molecule has 0 saturated heterocycles. The van der Waals surface area contributed by atoms with Crippen LogP contribution in [0, 0.1) is 5.92 Å². The Hall–Kier alpha value is -0.340. The molecule has 1 aliphatic rings. The zero-order valence-electron chi connectivity index (χ0n) is 9.00. The Bertz CT molecular complexity index is 206. The summed E-state index contributed by atoms with van der Waals surface area (Å²) in [5, 5.41) is 9.12. The van der Waals surface area contributed by atoms with Crippen molar-refractivity contribution in [3.63, 3.8) is 0 Å². The maximum absolute atomic E-state index is 9.12. The van der Waals surface area contributed by atoms with E-state index in [1.165, 1.54) is 5.57 Å². The Morgan fingerprint density at radius 1 is 1.54 bits per heavy atom. The smallest absolute Gasteiger partial charge is 0.0785 e. The average Bonchev–Trinajstić information content (AvgIpc) is 2.03. The van der Waals surface area contributed by atoms with E-state index in [0.29, 0.717) is 12.0 Å². The molecule has 0 aromatic heterocycles. The molecule has 1 heterocycles. The lowest BCUT2D eigenvalue weighted by atomic mass is 9.91. The molecule has 0 fully saturated rings. The first-order valence-electron chi connectivity index (χ1n) is 5.01. The van der Waals surface area contributed by atoms with Crippen molar-refractivity contribution in [2.45, 2.75) is 46.3 Å². The summed E-state index contributed by atoms with van der Waals surface area (Å²) in [7, 11) is 0. The van der Waals surface area contributed by atoms with Crippen molar-refractivity contribution in [3.8, 4) is 0 Å². The van der Waals surface area contributed by atoms with Crippen LogP contribution in [0.2, 0.25) is 0 Å². The van der Waals surface area contributed by atoms with E-state index in [1.54, 1.807) is 0 Å². The Morgan fingerprint density at radius 2 is 2.15 bits per heavy atom. The van der Waals surface area contributed by atoms with Gasteiger partial charge in [-0.25, -0.2) is 0 Å². The first-order valence-corrected chi connectivity index (χ1v) is 5.01. The summed E-state index contributed by atoms with van der Waals surface area (Å²) in [6, 6.07) is 0. The van der Waals surface area contributed by atoms with Gasteiger partial charge in [-0.1, -0.05) is 19.4 Å². The van der Waals surface area contributed by atoms with Crippen LogP contribution in [-0.4, -0.2) is 23.9 Å². The predicted molar refractivity (Wildman–Crippen MR) is 53.6 cm³/mol. The molecular weight excluding hydrogens is 164 g/mol. The van der Waals surface area contributed by atoms with Gasteiger partial charge in [0.2, 0.25) is 0 Å². The molecular formula is C11H20O2. The molecule has 76 valence electrons. The van der Waals surface area contributed by atoms with Gasteiger partial charge in [-0.3, -0.25) is 0 Å².